The first kappa shape index (κ1) is 15.2. The SMILES string of the molecule is Cc1[nH]nc2ncc(NC(=O)CSc3ccc4c(c3)CCC4)cc12. The van der Waals surface area contributed by atoms with E-state index in [1.807, 2.05) is 13.0 Å². The van der Waals surface area contributed by atoms with Crippen LogP contribution in [0.25, 0.3) is 11.0 Å². The van der Waals surface area contributed by atoms with E-state index in [9.17, 15) is 4.79 Å². The third kappa shape index (κ3) is 3.01. The van der Waals surface area contributed by atoms with Gasteiger partial charge in [-0.2, -0.15) is 5.10 Å². The molecule has 0 saturated carbocycles. The van der Waals surface area contributed by atoms with E-state index >= 15 is 0 Å². The summed E-state index contributed by atoms with van der Waals surface area (Å²) in [5.74, 6) is 0.365. The molecule has 3 aromatic rings. The van der Waals surface area contributed by atoms with Gasteiger partial charge in [-0.25, -0.2) is 4.98 Å². The second kappa shape index (κ2) is 6.28. The maximum atomic E-state index is 12.2. The number of hydrogen-bond acceptors (Lipinski definition) is 4. The van der Waals surface area contributed by atoms with Crippen molar-refractivity contribution in [2.24, 2.45) is 0 Å². The van der Waals surface area contributed by atoms with Crippen LogP contribution in [-0.2, 0) is 17.6 Å². The van der Waals surface area contributed by atoms with Crippen LogP contribution in [0.3, 0.4) is 0 Å². The predicted molar refractivity (Wildman–Crippen MR) is 96.4 cm³/mol. The van der Waals surface area contributed by atoms with E-state index < -0.39 is 0 Å². The molecule has 1 aliphatic rings. The number of nitrogens with one attached hydrogen (secondary N) is 2. The highest BCUT2D eigenvalue weighted by molar-refractivity contribution is 8.00. The monoisotopic (exact) mass is 338 g/mol. The largest absolute Gasteiger partial charge is 0.324 e. The maximum absolute atomic E-state index is 12.2. The van der Waals surface area contributed by atoms with E-state index in [-0.39, 0.29) is 5.91 Å². The van der Waals surface area contributed by atoms with Gasteiger partial charge >= 0.3 is 0 Å². The number of anilines is 1. The van der Waals surface area contributed by atoms with Crippen molar-refractivity contribution >= 4 is 34.4 Å². The Morgan fingerprint density at radius 1 is 1.29 bits per heavy atom. The van der Waals surface area contributed by atoms with Crippen LogP contribution in [0.1, 0.15) is 23.2 Å². The van der Waals surface area contributed by atoms with Gasteiger partial charge < -0.3 is 5.32 Å². The molecule has 0 unspecified atom stereocenters. The Balaban J connectivity index is 1.39. The van der Waals surface area contributed by atoms with Gasteiger partial charge in [0.1, 0.15) is 0 Å². The zero-order valence-electron chi connectivity index (χ0n) is 13.4. The number of benzene rings is 1. The average Bonchev–Trinajstić information content (AvgIpc) is 3.19. The Morgan fingerprint density at radius 2 is 2.17 bits per heavy atom. The number of thioether (sulfide) groups is 1. The fourth-order valence-electron chi connectivity index (χ4n) is 3.07. The Hall–Kier alpha value is -2.34. The van der Waals surface area contributed by atoms with Gasteiger partial charge in [0, 0.05) is 16.0 Å². The Kier molecular flexibility index (Phi) is 3.98. The van der Waals surface area contributed by atoms with E-state index in [2.05, 4.69) is 38.7 Å². The van der Waals surface area contributed by atoms with Crippen molar-refractivity contribution in [3.8, 4) is 0 Å². The maximum Gasteiger partial charge on any atom is 0.234 e. The number of rotatable bonds is 4. The van der Waals surface area contributed by atoms with Crippen molar-refractivity contribution in [3.63, 3.8) is 0 Å². The van der Waals surface area contributed by atoms with Crippen LogP contribution in [-0.4, -0.2) is 26.8 Å². The van der Waals surface area contributed by atoms with Gasteiger partial charge in [0.05, 0.1) is 17.6 Å². The summed E-state index contributed by atoms with van der Waals surface area (Å²) in [7, 11) is 0. The molecular weight excluding hydrogens is 320 g/mol. The van der Waals surface area contributed by atoms with Crippen molar-refractivity contribution in [3.05, 3.63) is 47.3 Å². The summed E-state index contributed by atoms with van der Waals surface area (Å²) >= 11 is 1.57. The summed E-state index contributed by atoms with van der Waals surface area (Å²) in [6.45, 7) is 1.94. The fourth-order valence-corrected chi connectivity index (χ4v) is 3.83. The lowest BCUT2D eigenvalue weighted by Crippen LogP contribution is -2.14. The standard InChI is InChI=1S/C18H18N4OS/c1-11-16-8-14(9-19-18(16)22-21-11)20-17(23)10-24-15-6-5-12-3-2-4-13(12)7-15/h5-9H,2-4,10H2,1H3,(H,20,23)(H,19,21,22). The first-order valence-electron chi connectivity index (χ1n) is 8.04. The van der Waals surface area contributed by atoms with Gasteiger partial charge in [0.25, 0.3) is 0 Å². The van der Waals surface area contributed by atoms with Crippen molar-refractivity contribution in [1.29, 1.82) is 0 Å². The number of aromatic nitrogens is 3. The second-order valence-electron chi connectivity index (χ2n) is 6.06. The van der Waals surface area contributed by atoms with Crippen molar-refractivity contribution < 1.29 is 4.79 Å². The number of aryl methyl sites for hydroxylation is 3. The summed E-state index contributed by atoms with van der Waals surface area (Å²) in [5.41, 5.74) is 5.20. The minimum absolute atomic E-state index is 0.0252. The van der Waals surface area contributed by atoms with Gasteiger partial charge in [-0.05, 0) is 55.5 Å². The van der Waals surface area contributed by atoms with Gasteiger partial charge in [-0.1, -0.05) is 6.07 Å². The smallest absolute Gasteiger partial charge is 0.234 e. The Labute approximate surface area is 144 Å². The molecule has 1 amide bonds. The van der Waals surface area contributed by atoms with E-state index in [0.717, 1.165) is 22.4 Å². The number of pyridine rings is 1. The zero-order valence-corrected chi connectivity index (χ0v) is 14.2. The van der Waals surface area contributed by atoms with Crippen LogP contribution < -0.4 is 5.32 Å². The number of amides is 1. The van der Waals surface area contributed by atoms with Crippen LogP contribution in [0.15, 0.2) is 35.4 Å². The number of nitrogens with zero attached hydrogens (tertiary/aromatic N) is 2. The highest BCUT2D eigenvalue weighted by Gasteiger charge is 2.12. The molecule has 2 N–H and O–H groups in total. The molecule has 0 saturated heterocycles. The lowest BCUT2D eigenvalue weighted by molar-refractivity contribution is -0.113. The quantitative estimate of drug-likeness (QED) is 0.715. The average molecular weight is 338 g/mol. The third-order valence-electron chi connectivity index (χ3n) is 4.32. The van der Waals surface area contributed by atoms with Gasteiger partial charge in [0.2, 0.25) is 5.91 Å². The van der Waals surface area contributed by atoms with E-state index in [1.54, 1.807) is 18.0 Å². The summed E-state index contributed by atoms with van der Waals surface area (Å²) in [5, 5.41) is 10.8. The van der Waals surface area contributed by atoms with Crippen LogP contribution in [0, 0.1) is 6.92 Å². The molecule has 1 aliphatic carbocycles. The number of carbonyl (C=O) groups excluding carboxylic acids is 1. The summed E-state index contributed by atoms with van der Waals surface area (Å²) < 4.78 is 0. The number of fused-ring (bicyclic) bond motifs is 2. The van der Waals surface area contributed by atoms with Gasteiger partial charge in [-0.3, -0.25) is 9.89 Å². The molecule has 4 rings (SSSR count). The topological polar surface area (TPSA) is 70.7 Å². The van der Waals surface area contributed by atoms with Crippen molar-refractivity contribution in [2.75, 3.05) is 11.1 Å². The fraction of sp³-hybridized carbons (Fsp3) is 0.278. The molecular formula is C18H18N4OS. The molecule has 0 fully saturated rings. The van der Waals surface area contributed by atoms with E-state index in [1.165, 1.54) is 24.0 Å². The molecule has 0 atom stereocenters. The third-order valence-corrected chi connectivity index (χ3v) is 5.32. The summed E-state index contributed by atoms with van der Waals surface area (Å²) in [4.78, 5) is 17.6. The van der Waals surface area contributed by atoms with E-state index in [4.69, 9.17) is 0 Å². The number of carbonyl (C=O) groups is 1. The molecule has 1 aromatic carbocycles. The minimum atomic E-state index is -0.0252. The molecule has 2 aromatic heterocycles. The van der Waals surface area contributed by atoms with Crippen LogP contribution in [0.4, 0.5) is 5.69 Å². The van der Waals surface area contributed by atoms with Crippen LogP contribution in [0.2, 0.25) is 0 Å². The van der Waals surface area contributed by atoms with Crippen molar-refractivity contribution in [2.45, 2.75) is 31.1 Å². The Morgan fingerprint density at radius 3 is 3.08 bits per heavy atom. The predicted octanol–water partition coefficient (Wildman–Crippen LogP) is 3.49. The van der Waals surface area contributed by atoms with Gasteiger partial charge in [-0.15, -0.1) is 11.8 Å². The lowest BCUT2D eigenvalue weighted by atomic mass is 10.1. The molecule has 0 spiro atoms. The van der Waals surface area contributed by atoms with Crippen molar-refractivity contribution in [1.82, 2.24) is 15.2 Å². The zero-order chi connectivity index (χ0) is 16.5. The summed E-state index contributed by atoms with van der Waals surface area (Å²) in [6, 6.07) is 8.44. The first-order valence-corrected chi connectivity index (χ1v) is 9.03. The lowest BCUT2D eigenvalue weighted by Gasteiger charge is -2.06. The van der Waals surface area contributed by atoms with Crippen LogP contribution in [0.5, 0.6) is 0 Å². The first-order chi connectivity index (χ1) is 11.7. The number of H-pyrrole nitrogens is 1. The number of aromatic amines is 1. The van der Waals surface area contributed by atoms with Gasteiger partial charge in [0.15, 0.2) is 5.65 Å². The molecule has 2 heterocycles. The highest BCUT2D eigenvalue weighted by Crippen LogP contribution is 2.27. The molecule has 0 aliphatic heterocycles. The van der Waals surface area contributed by atoms with E-state index in [0.29, 0.717) is 17.1 Å². The number of hydrogen-bond donors (Lipinski definition) is 2. The van der Waals surface area contributed by atoms with Crippen LogP contribution >= 0.6 is 11.8 Å². The molecule has 0 radical (unpaired) electrons. The molecule has 0 bridgehead atoms. The normalized spacial score (nSPS) is 13.2. The molecule has 6 heteroatoms. The highest BCUT2D eigenvalue weighted by atomic mass is 32.2. The Bertz CT molecular complexity index is 919. The molecule has 122 valence electrons. The molecule has 5 nitrogen and oxygen atoms in total. The second-order valence-corrected chi connectivity index (χ2v) is 7.11. The summed E-state index contributed by atoms with van der Waals surface area (Å²) in [6.07, 6.45) is 5.22. The minimum Gasteiger partial charge on any atom is -0.324 e. The molecule has 24 heavy (non-hydrogen) atoms.